The average molecular weight is 579 g/mol. The average Bonchev–Trinajstić information content (AvgIpc) is 2.81. The minimum Gasteiger partial charge on any atom is -0.479 e. The number of ether oxygens (including phenoxy) is 4. The van der Waals surface area contributed by atoms with Gasteiger partial charge in [-0.05, 0) is 61.8 Å². The molecule has 0 saturated carbocycles. The zero-order chi connectivity index (χ0) is 31.8. The summed E-state index contributed by atoms with van der Waals surface area (Å²) >= 11 is 0. The molecule has 0 radical (unpaired) electrons. The Kier molecular flexibility index (Phi) is 8.33. The highest BCUT2D eigenvalue weighted by atomic mass is 16.6. The van der Waals surface area contributed by atoms with Gasteiger partial charge in [-0.15, -0.1) is 0 Å². The van der Waals surface area contributed by atoms with Crippen molar-refractivity contribution >= 4 is 11.9 Å². The Morgan fingerprint density at radius 3 is 1.30 bits per heavy atom. The molecule has 2 saturated heterocycles. The third-order valence-corrected chi connectivity index (χ3v) is 11.8. The zero-order valence-electron chi connectivity index (χ0n) is 26.0. The summed E-state index contributed by atoms with van der Waals surface area (Å²) in [6.07, 6.45) is 0.188. The van der Waals surface area contributed by atoms with E-state index in [4.69, 9.17) is 18.9 Å². The molecule has 0 aromatic rings. The van der Waals surface area contributed by atoms with Crippen molar-refractivity contribution in [3.05, 3.63) is 0 Å². The maximum Gasteiger partial charge on any atom is 0.336 e. The largest absolute Gasteiger partial charge is 0.479 e. The van der Waals surface area contributed by atoms with Gasteiger partial charge in [0.2, 0.25) is 0 Å². The molecular weight excluding hydrogens is 528 g/mol. The molecule has 0 aliphatic carbocycles. The molecule has 0 bridgehead atoms. The first kappa shape index (κ1) is 34.8. The number of rotatable bonds is 9. The van der Waals surface area contributed by atoms with Crippen molar-refractivity contribution < 1.29 is 59.2 Å². The molecular formula is C28H50O12. The van der Waals surface area contributed by atoms with E-state index in [-0.39, 0.29) is 13.0 Å². The van der Waals surface area contributed by atoms with Crippen LogP contribution in [0.15, 0.2) is 0 Å². The summed E-state index contributed by atoms with van der Waals surface area (Å²) in [5.41, 5.74) is -19.1. The number of carboxylic acid groups (broad SMARTS) is 2. The monoisotopic (exact) mass is 578 g/mol. The molecule has 10 atom stereocenters. The van der Waals surface area contributed by atoms with E-state index in [9.17, 15) is 40.2 Å². The predicted octanol–water partition coefficient (Wildman–Crippen LogP) is 1.34. The normalized spacial score (nSPS) is 53.3. The SMILES string of the molecule is CCC1(C)OC(C)(C(=O)O)C(C)(COCC2(C)OC(C)(C(=O)O)C(C)(COC)C(C)(O)C2(C)O)C(C)(O)C1(C)O. The highest BCUT2D eigenvalue weighted by molar-refractivity contribution is 5.80. The number of carboxylic acids is 2. The molecule has 6 N–H and O–H groups in total. The van der Waals surface area contributed by atoms with Gasteiger partial charge in [0, 0.05) is 7.11 Å². The molecule has 0 aromatic carbocycles. The van der Waals surface area contributed by atoms with Crippen LogP contribution in [0.1, 0.15) is 82.6 Å². The molecule has 2 fully saturated rings. The van der Waals surface area contributed by atoms with Crippen LogP contribution in [0.25, 0.3) is 0 Å². The summed E-state index contributed by atoms with van der Waals surface area (Å²) in [5.74, 6) is -2.80. The highest BCUT2D eigenvalue weighted by Crippen LogP contribution is 2.61. The maximum absolute atomic E-state index is 12.7. The molecule has 12 nitrogen and oxygen atoms in total. The van der Waals surface area contributed by atoms with Crippen LogP contribution in [-0.4, -0.2) is 114 Å². The second-order valence-electron chi connectivity index (χ2n) is 13.6. The van der Waals surface area contributed by atoms with Gasteiger partial charge in [-0.3, -0.25) is 0 Å². The number of methoxy groups -OCH3 is 1. The van der Waals surface area contributed by atoms with Crippen molar-refractivity contribution in [3.63, 3.8) is 0 Å². The summed E-state index contributed by atoms with van der Waals surface area (Å²) in [5, 5.41) is 67.5. The minimum absolute atomic E-state index is 0.188. The van der Waals surface area contributed by atoms with Crippen molar-refractivity contribution in [2.24, 2.45) is 10.8 Å². The van der Waals surface area contributed by atoms with Gasteiger partial charge in [-0.25, -0.2) is 9.59 Å². The van der Waals surface area contributed by atoms with Gasteiger partial charge in [0.15, 0.2) is 11.2 Å². The van der Waals surface area contributed by atoms with E-state index in [0.29, 0.717) is 0 Å². The number of hydrogen-bond donors (Lipinski definition) is 6. The fourth-order valence-electron chi connectivity index (χ4n) is 6.80. The number of aliphatic hydroxyl groups is 4. The number of hydrogen-bond acceptors (Lipinski definition) is 10. The summed E-state index contributed by atoms with van der Waals surface area (Å²) in [6.45, 7) is 14.0. The van der Waals surface area contributed by atoms with Crippen molar-refractivity contribution in [1.29, 1.82) is 0 Å². The van der Waals surface area contributed by atoms with Gasteiger partial charge in [0.05, 0.1) is 36.3 Å². The predicted molar refractivity (Wildman–Crippen MR) is 143 cm³/mol. The zero-order valence-corrected chi connectivity index (χ0v) is 26.0. The van der Waals surface area contributed by atoms with Crippen LogP contribution in [0.5, 0.6) is 0 Å². The Bertz CT molecular complexity index is 1020. The van der Waals surface area contributed by atoms with Gasteiger partial charge in [-0.1, -0.05) is 20.8 Å². The summed E-state index contributed by atoms with van der Waals surface area (Å²) in [7, 11) is 1.34. The van der Waals surface area contributed by atoms with Gasteiger partial charge >= 0.3 is 11.9 Å². The Labute approximate surface area is 236 Å². The number of carbonyl (C=O) groups is 2. The van der Waals surface area contributed by atoms with Crippen LogP contribution < -0.4 is 0 Å². The smallest absolute Gasteiger partial charge is 0.336 e. The van der Waals surface area contributed by atoms with Crippen LogP contribution in [0.4, 0.5) is 0 Å². The van der Waals surface area contributed by atoms with Crippen molar-refractivity contribution in [2.75, 3.05) is 26.9 Å². The Balaban J connectivity index is 2.59. The first-order chi connectivity index (χ1) is 17.6. The van der Waals surface area contributed by atoms with Crippen LogP contribution >= 0.6 is 0 Å². The second-order valence-corrected chi connectivity index (χ2v) is 13.6. The molecule has 2 aliphatic heterocycles. The second kappa shape index (κ2) is 9.57. The van der Waals surface area contributed by atoms with Gasteiger partial charge in [0.1, 0.15) is 28.0 Å². The molecule has 40 heavy (non-hydrogen) atoms. The molecule has 234 valence electrons. The van der Waals surface area contributed by atoms with Crippen molar-refractivity contribution in [2.45, 2.75) is 127 Å². The van der Waals surface area contributed by atoms with Gasteiger partial charge < -0.3 is 49.6 Å². The van der Waals surface area contributed by atoms with Crippen LogP contribution in [0, 0.1) is 10.8 Å². The fraction of sp³-hybridized carbons (Fsp3) is 0.929. The quantitative estimate of drug-likeness (QED) is 0.230. The van der Waals surface area contributed by atoms with Crippen LogP contribution in [0.2, 0.25) is 0 Å². The fourth-order valence-corrected chi connectivity index (χ4v) is 6.80. The summed E-state index contributed by atoms with van der Waals surface area (Å²) in [6, 6.07) is 0. The van der Waals surface area contributed by atoms with Crippen molar-refractivity contribution in [3.8, 4) is 0 Å². The first-order valence-corrected chi connectivity index (χ1v) is 13.5. The molecule has 2 heterocycles. The van der Waals surface area contributed by atoms with E-state index >= 15 is 0 Å². The van der Waals surface area contributed by atoms with E-state index in [1.165, 1.54) is 76.3 Å². The maximum atomic E-state index is 12.7. The third-order valence-electron chi connectivity index (χ3n) is 11.8. The minimum atomic E-state index is -2.13. The van der Waals surface area contributed by atoms with E-state index in [2.05, 4.69) is 0 Å². The van der Waals surface area contributed by atoms with Gasteiger partial charge in [0.25, 0.3) is 0 Å². The van der Waals surface area contributed by atoms with E-state index < -0.39 is 80.8 Å². The highest BCUT2D eigenvalue weighted by Gasteiger charge is 2.78. The molecule has 0 amide bonds. The molecule has 2 rings (SSSR count). The molecule has 0 aromatic heterocycles. The van der Waals surface area contributed by atoms with Crippen LogP contribution in [-0.2, 0) is 28.5 Å². The Hall–Kier alpha value is -1.38. The third kappa shape index (κ3) is 3.87. The lowest BCUT2D eigenvalue weighted by molar-refractivity contribution is -0.397. The first-order valence-electron chi connectivity index (χ1n) is 13.5. The standard InChI is InChI=1S/C28H50O12/c1-13-21(4)27(10,35)26(9,34)20(3,24(7,39-21)18(31)32)15-38-16-22(5)28(11,36)25(8,33)19(2,14-37-12)23(6,40-22)17(29)30/h33-36H,13-16H2,1-12H3,(H,29,30)(H,31,32). The lowest BCUT2D eigenvalue weighted by Gasteiger charge is -2.67. The molecule has 0 spiro atoms. The molecule has 2 aliphatic rings. The van der Waals surface area contributed by atoms with E-state index in [0.717, 1.165) is 0 Å². The van der Waals surface area contributed by atoms with E-state index in [1.54, 1.807) is 6.92 Å². The van der Waals surface area contributed by atoms with Crippen molar-refractivity contribution in [1.82, 2.24) is 0 Å². The Morgan fingerprint density at radius 1 is 0.600 bits per heavy atom. The lowest BCUT2D eigenvalue weighted by atomic mass is 9.52. The van der Waals surface area contributed by atoms with E-state index in [1.807, 2.05) is 0 Å². The van der Waals surface area contributed by atoms with Crippen LogP contribution in [0.3, 0.4) is 0 Å². The molecule has 12 heteroatoms. The lowest BCUT2D eigenvalue weighted by Crippen LogP contribution is -2.84. The Morgan fingerprint density at radius 2 is 0.950 bits per heavy atom. The summed E-state index contributed by atoms with van der Waals surface area (Å²) in [4.78, 5) is 25.2. The number of aliphatic carboxylic acids is 2. The topological polar surface area (TPSA) is 192 Å². The van der Waals surface area contributed by atoms with Gasteiger partial charge in [-0.2, -0.15) is 0 Å². The summed E-state index contributed by atoms with van der Waals surface area (Å²) < 4.78 is 23.5. The molecule has 10 unspecified atom stereocenters.